The number of para-hydroxylation sites is 1. The minimum atomic E-state index is -0.558. The van der Waals surface area contributed by atoms with Gasteiger partial charge in [0.2, 0.25) is 5.82 Å². The van der Waals surface area contributed by atoms with Crippen molar-refractivity contribution in [3.8, 4) is 5.88 Å². The molecule has 2 aromatic heterocycles. The minimum Gasteiger partial charge on any atom is -0.473 e. The summed E-state index contributed by atoms with van der Waals surface area (Å²) in [4.78, 5) is 23.2. The van der Waals surface area contributed by atoms with Crippen LogP contribution in [0.2, 0.25) is 0 Å². The Morgan fingerprint density at radius 2 is 2.08 bits per heavy atom. The predicted molar refractivity (Wildman–Crippen MR) is 89.6 cm³/mol. The molecule has 0 aliphatic carbocycles. The number of ether oxygens (including phenoxy) is 1. The molecule has 3 rings (SSSR count). The summed E-state index contributed by atoms with van der Waals surface area (Å²) in [6, 6.07) is 9.42. The summed E-state index contributed by atoms with van der Waals surface area (Å²) in [6.07, 6.45) is 1.23. The van der Waals surface area contributed by atoms with Gasteiger partial charge in [-0.25, -0.2) is 4.98 Å². The van der Waals surface area contributed by atoms with E-state index in [0.29, 0.717) is 11.2 Å². The van der Waals surface area contributed by atoms with E-state index in [-0.39, 0.29) is 24.0 Å². The molecule has 0 aliphatic rings. The first-order chi connectivity index (χ1) is 11.6. The summed E-state index contributed by atoms with van der Waals surface area (Å²) >= 11 is 0. The second kappa shape index (κ2) is 6.45. The van der Waals surface area contributed by atoms with Gasteiger partial charge in [-0.1, -0.05) is 18.2 Å². The van der Waals surface area contributed by atoms with Crippen molar-refractivity contribution in [1.29, 1.82) is 0 Å². The van der Waals surface area contributed by atoms with E-state index in [1.165, 1.54) is 6.33 Å². The van der Waals surface area contributed by atoms with E-state index < -0.39 is 4.92 Å². The van der Waals surface area contributed by atoms with Gasteiger partial charge in [0.25, 0.3) is 5.88 Å². The maximum atomic E-state index is 11.4. The molecule has 8 heteroatoms. The fourth-order valence-electron chi connectivity index (χ4n) is 2.33. The number of rotatable bonds is 5. The van der Waals surface area contributed by atoms with E-state index in [4.69, 9.17) is 4.74 Å². The molecule has 0 atom stereocenters. The Morgan fingerprint density at radius 3 is 2.83 bits per heavy atom. The normalized spacial score (nSPS) is 10.6. The molecule has 0 fully saturated rings. The molecule has 122 valence electrons. The second-order valence-electron chi connectivity index (χ2n) is 5.02. The lowest BCUT2D eigenvalue weighted by Crippen LogP contribution is -2.05. The number of nitrogens with one attached hydrogen (secondary N) is 1. The zero-order chi connectivity index (χ0) is 17.1. The summed E-state index contributed by atoms with van der Waals surface area (Å²) in [6.45, 7) is 3.89. The van der Waals surface area contributed by atoms with Crippen LogP contribution in [0.1, 0.15) is 12.6 Å². The molecular weight excluding hydrogens is 310 g/mol. The Balaban J connectivity index is 2.11. The van der Waals surface area contributed by atoms with Crippen LogP contribution in [0.3, 0.4) is 0 Å². The largest absolute Gasteiger partial charge is 0.473 e. The Bertz CT molecular complexity index is 913. The van der Waals surface area contributed by atoms with Crippen molar-refractivity contribution >= 4 is 28.1 Å². The SMILES string of the molecule is CCOc1ncnc(Nc2cccc3ccc(C)nc23)c1[N+](=O)[O-]. The summed E-state index contributed by atoms with van der Waals surface area (Å²) in [5.74, 6) is -0.00127. The third-order valence-corrected chi connectivity index (χ3v) is 3.36. The first-order valence-corrected chi connectivity index (χ1v) is 7.35. The number of nitro groups is 1. The number of pyridine rings is 1. The number of hydrogen-bond donors (Lipinski definition) is 1. The van der Waals surface area contributed by atoms with Crippen molar-refractivity contribution in [2.24, 2.45) is 0 Å². The molecule has 2 heterocycles. The Hall–Kier alpha value is -3.29. The summed E-state index contributed by atoms with van der Waals surface area (Å²) in [5.41, 5.74) is 1.89. The van der Waals surface area contributed by atoms with Crippen LogP contribution in [0.4, 0.5) is 17.2 Å². The van der Waals surface area contributed by atoms with Gasteiger partial charge in [0, 0.05) is 11.1 Å². The number of aromatic nitrogens is 3. The molecule has 0 bridgehead atoms. The Morgan fingerprint density at radius 1 is 1.25 bits per heavy atom. The highest BCUT2D eigenvalue weighted by molar-refractivity contribution is 5.92. The Kier molecular flexibility index (Phi) is 4.19. The number of benzene rings is 1. The zero-order valence-electron chi connectivity index (χ0n) is 13.2. The van der Waals surface area contributed by atoms with Crippen molar-refractivity contribution in [3.63, 3.8) is 0 Å². The van der Waals surface area contributed by atoms with Gasteiger partial charge in [-0.2, -0.15) is 4.98 Å². The monoisotopic (exact) mass is 325 g/mol. The lowest BCUT2D eigenvalue weighted by Gasteiger charge is -2.10. The van der Waals surface area contributed by atoms with Gasteiger partial charge >= 0.3 is 5.69 Å². The Labute approximate surface area is 137 Å². The smallest absolute Gasteiger partial charge is 0.373 e. The molecule has 0 aliphatic heterocycles. The third kappa shape index (κ3) is 2.94. The molecule has 0 saturated heterocycles. The van der Waals surface area contributed by atoms with Crippen LogP contribution in [0.5, 0.6) is 5.88 Å². The second-order valence-corrected chi connectivity index (χ2v) is 5.02. The van der Waals surface area contributed by atoms with Gasteiger partial charge in [0.1, 0.15) is 6.33 Å². The molecular formula is C16H15N5O3. The molecule has 1 aromatic carbocycles. The predicted octanol–water partition coefficient (Wildman–Crippen LogP) is 3.38. The molecule has 0 spiro atoms. The molecule has 1 N–H and O–H groups in total. The van der Waals surface area contributed by atoms with Gasteiger partial charge in [-0.05, 0) is 26.0 Å². The van der Waals surface area contributed by atoms with Gasteiger partial charge in [0.05, 0.1) is 22.7 Å². The molecule has 3 aromatic rings. The number of nitrogens with zero attached hydrogens (tertiary/aromatic N) is 4. The summed E-state index contributed by atoms with van der Waals surface area (Å²) in [5, 5.41) is 15.3. The maximum absolute atomic E-state index is 11.4. The minimum absolute atomic E-state index is 0.0641. The third-order valence-electron chi connectivity index (χ3n) is 3.36. The van der Waals surface area contributed by atoms with E-state index in [1.54, 1.807) is 13.0 Å². The van der Waals surface area contributed by atoms with Crippen molar-refractivity contribution in [2.75, 3.05) is 11.9 Å². The fraction of sp³-hybridized carbons (Fsp3) is 0.188. The number of anilines is 2. The van der Waals surface area contributed by atoms with Crippen LogP contribution in [-0.2, 0) is 0 Å². The van der Waals surface area contributed by atoms with Crippen LogP contribution in [0, 0.1) is 17.0 Å². The molecule has 24 heavy (non-hydrogen) atoms. The van der Waals surface area contributed by atoms with Gasteiger partial charge in [-0.3, -0.25) is 15.1 Å². The first-order valence-electron chi connectivity index (χ1n) is 7.35. The fourth-order valence-corrected chi connectivity index (χ4v) is 2.33. The average Bonchev–Trinajstić information content (AvgIpc) is 2.55. The average molecular weight is 325 g/mol. The summed E-state index contributed by atoms with van der Waals surface area (Å²) < 4.78 is 5.23. The lowest BCUT2D eigenvalue weighted by atomic mass is 10.1. The molecule has 0 amide bonds. The van der Waals surface area contributed by atoms with Crippen molar-refractivity contribution in [1.82, 2.24) is 15.0 Å². The number of fused-ring (bicyclic) bond motifs is 1. The van der Waals surface area contributed by atoms with E-state index in [9.17, 15) is 10.1 Å². The van der Waals surface area contributed by atoms with Crippen molar-refractivity contribution < 1.29 is 9.66 Å². The maximum Gasteiger partial charge on any atom is 0.373 e. The quantitative estimate of drug-likeness (QED) is 0.566. The summed E-state index contributed by atoms with van der Waals surface area (Å²) in [7, 11) is 0. The van der Waals surface area contributed by atoms with Crippen LogP contribution < -0.4 is 10.1 Å². The van der Waals surface area contributed by atoms with E-state index in [2.05, 4.69) is 20.3 Å². The molecule has 0 saturated carbocycles. The van der Waals surface area contributed by atoms with Gasteiger partial charge in [0.15, 0.2) is 0 Å². The van der Waals surface area contributed by atoms with Crippen LogP contribution >= 0.6 is 0 Å². The highest BCUT2D eigenvalue weighted by atomic mass is 16.6. The van der Waals surface area contributed by atoms with Crippen LogP contribution in [0.15, 0.2) is 36.7 Å². The van der Waals surface area contributed by atoms with Gasteiger partial charge in [-0.15, -0.1) is 0 Å². The standard InChI is InChI=1S/C16H15N5O3/c1-3-24-16-14(21(22)23)15(17-9-18-16)20-12-6-4-5-11-8-7-10(2)19-13(11)12/h4-9H,3H2,1-2H3,(H,17,18,20). The van der Waals surface area contributed by atoms with Crippen LogP contribution in [-0.4, -0.2) is 26.5 Å². The van der Waals surface area contributed by atoms with Crippen LogP contribution in [0.25, 0.3) is 10.9 Å². The molecule has 0 radical (unpaired) electrons. The zero-order valence-corrected chi connectivity index (χ0v) is 13.2. The van der Waals surface area contributed by atoms with Crippen molar-refractivity contribution in [2.45, 2.75) is 13.8 Å². The first kappa shape index (κ1) is 15.6. The van der Waals surface area contributed by atoms with E-state index >= 15 is 0 Å². The van der Waals surface area contributed by atoms with E-state index in [0.717, 1.165) is 11.1 Å². The highest BCUT2D eigenvalue weighted by Crippen LogP contribution is 2.34. The number of hydrogen-bond acceptors (Lipinski definition) is 7. The van der Waals surface area contributed by atoms with E-state index in [1.807, 2.05) is 31.2 Å². The molecule has 0 unspecified atom stereocenters. The highest BCUT2D eigenvalue weighted by Gasteiger charge is 2.24. The van der Waals surface area contributed by atoms with Gasteiger partial charge < -0.3 is 10.1 Å². The topological polar surface area (TPSA) is 103 Å². The van der Waals surface area contributed by atoms with Crippen molar-refractivity contribution in [3.05, 3.63) is 52.5 Å². The lowest BCUT2D eigenvalue weighted by molar-refractivity contribution is -0.385. The number of aryl methyl sites for hydroxylation is 1. The molecule has 8 nitrogen and oxygen atoms in total.